The predicted octanol–water partition coefficient (Wildman–Crippen LogP) is 2.22. The number of amides is 1. The van der Waals surface area contributed by atoms with E-state index in [-0.39, 0.29) is 30.4 Å². The van der Waals surface area contributed by atoms with Gasteiger partial charge in [-0.3, -0.25) is 4.79 Å². The van der Waals surface area contributed by atoms with Crippen molar-refractivity contribution < 1.29 is 9.90 Å². The number of nitrogens with one attached hydrogen (secondary N) is 1. The maximum Gasteiger partial charge on any atom is 0.226 e. The quantitative estimate of drug-likeness (QED) is 0.395. The molecule has 12 nitrogen and oxygen atoms in total. The first-order valence-corrected chi connectivity index (χ1v) is 13.2. The van der Waals surface area contributed by atoms with Crippen LogP contribution in [0.4, 0.5) is 5.95 Å². The number of benzene rings is 1. The molecule has 2 aliphatic rings. The molecule has 12 heteroatoms. The number of anilines is 1. The van der Waals surface area contributed by atoms with Crippen molar-refractivity contribution in [1.29, 1.82) is 0 Å². The largest absolute Gasteiger partial charge is 0.396 e. The standard InChI is InChI=1S/C26H32N10O2/c1-16(15-37)20-4-3-5-21-24(20)32-33-36(21)22-10-11-27-26(29-22)28-19-8-6-18(7-9-19)25(38)34-12-13-35-17(2)30-31-23(35)14-34/h3-5,10-11,16,18-19,37H,6-9,12-15H2,1-2H3,(H,27,28,29). The molecule has 4 heterocycles. The van der Waals surface area contributed by atoms with Gasteiger partial charge in [0.15, 0.2) is 11.6 Å². The number of aryl methyl sites for hydroxylation is 1. The summed E-state index contributed by atoms with van der Waals surface area (Å²) >= 11 is 0. The Bertz CT molecular complexity index is 1460. The Labute approximate surface area is 220 Å². The molecular weight excluding hydrogens is 484 g/mol. The summed E-state index contributed by atoms with van der Waals surface area (Å²) in [7, 11) is 0. The van der Waals surface area contributed by atoms with Gasteiger partial charge < -0.3 is 19.9 Å². The van der Waals surface area contributed by atoms with Gasteiger partial charge in [-0.1, -0.05) is 24.3 Å². The number of hydrogen-bond acceptors (Lipinski definition) is 9. The average molecular weight is 517 g/mol. The van der Waals surface area contributed by atoms with Crippen LogP contribution in [0.15, 0.2) is 30.5 Å². The lowest BCUT2D eigenvalue weighted by Crippen LogP contribution is -2.43. The minimum Gasteiger partial charge on any atom is -0.396 e. The number of aliphatic hydroxyl groups is 1. The second kappa shape index (κ2) is 10.1. The molecule has 0 saturated heterocycles. The molecule has 0 spiro atoms. The van der Waals surface area contributed by atoms with Gasteiger partial charge in [-0.15, -0.1) is 15.3 Å². The van der Waals surface area contributed by atoms with Crippen LogP contribution < -0.4 is 5.32 Å². The van der Waals surface area contributed by atoms with Crippen LogP contribution in [0.1, 0.15) is 55.7 Å². The third-order valence-corrected chi connectivity index (χ3v) is 7.83. The molecule has 3 aromatic heterocycles. The predicted molar refractivity (Wildman–Crippen MR) is 140 cm³/mol. The Morgan fingerprint density at radius 1 is 1.13 bits per heavy atom. The van der Waals surface area contributed by atoms with Gasteiger partial charge in [-0.2, -0.15) is 9.67 Å². The Kier molecular flexibility index (Phi) is 6.48. The fourth-order valence-electron chi connectivity index (χ4n) is 5.58. The number of rotatable bonds is 6. The van der Waals surface area contributed by atoms with Crippen LogP contribution in [-0.2, 0) is 17.9 Å². The van der Waals surface area contributed by atoms with E-state index in [4.69, 9.17) is 4.98 Å². The van der Waals surface area contributed by atoms with Gasteiger partial charge in [0.1, 0.15) is 11.3 Å². The molecule has 6 rings (SSSR count). The maximum atomic E-state index is 13.2. The molecule has 38 heavy (non-hydrogen) atoms. The molecule has 1 aromatic carbocycles. The Morgan fingerprint density at radius 2 is 1.97 bits per heavy atom. The summed E-state index contributed by atoms with van der Waals surface area (Å²) in [6.07, 6.45) is 5.13. The van der Waals surface area contributed by atoms with Crippen LogP contribution in [-0.4, -0.2) is 74.8 Å². The summed E-state index contributed by atoms with van der Waals surface area (Å²) in [5, 5.41) is 30.1. The molecule has 2 N–H and O–H groups in total. The SMILES string of the molecule is Cc1nnc2n1CCN(C(=O)C1CCC(Nc3nccc(-n4nnc5c(C(C)CO)cccc54)n3)CC1)C2. The van der Waals surface area contributed by atoms with Crippen molar-refractivity contribution in [3.8, 4) is 5.82 Å². The molecule has 198 valence electrons. The van der Waals surface area contributed by atoms with Crippen molar-refractivity contribution in [3.05, 3.63) is 47.7 Å². The van der Waals surface area contributed by atoms with E-state index in [2.05, 4.69) is 35.4 Å². The normalized spacial score (nSPS) is 20.3. The number of fused-ring (bicyclic) bond motifs is 2. The van der Waals surface area contributed by atoms with E-state index < -0.39 is 0 Å². The van der Waals surface area contributed by atoms with Gasteiger partial charge in [0.2, 0.25) is 11.9 Å². The highest BCUT2D eigenvalue weighted by molar-refractivity contribution is 5.80. The molecule has 1 unspecified atom stereocenters. The van der Waals surface area contributed by atoms with Crippen molar-refractivity contribution in [2.45, 2.75) is 64.6 Å². The highest BCUT2D eigenvalue weighted by Gasteiger charge is 2.32. The van der Waals surface area contributed by atoms with E-state index in [1.807, 2.05) is 36.9 Å². The second-order valence-electron chi connectivity index (χ2n) is 10.3. The zero-order valence-electron chi connectivity index (χ0n) is 21.7. The van der Waals surface area contributed by atoms with Crippen LogP contribution in [0.5, 0.6) is 0 Å². The Balaban J connectivity index is 1.09. The third-order valence-electron chi connectivity index (χ3n) is 7.83. The second-order valence-corrected chi connectivity index (χ2v) is 10.3. The smallest absolute Gasteiger partial charge is 0.226 e. The van der Waals surface area contributed by atoms with Crippen LogP contribution in [0, 0.1) is 12.8 Å². The van der Waals surface area contributed by atoms with Crippen molar-refractivity contribution in [3.63, 3.8) is 0 Å². The molecule has 1 atom stereocenters. The molecule has 4 aromatic rings. The zero-order chi connectivity index (χ0) is 26.2. The molecule has 0 radical (unpaired) electrons. The van der Waals surface area contributed by atoms with Crippen molar-refractivity contribution in [2.75, 3.05) is 18.5 Å². The van der Waals surface area contributed by atoms with E-state index >= 15 is 0 Å². The lowest BCUT2D eigenvalue weighted by atomic mass is 9.85. The first kappa shape index (κ1) is 24.4. The van der Waals surface area contributed by atoms with Crippen LogP contribution in [0.3, 0.4) is 0 Å². The lowest BCUT2D eigenvalue weighted by molar-refractivity contribution is -0.138. The van der Waals surface area contributed by atoms with Crippen molar-refractivity contribution in [1.82, 2.24) is 44.6 Å². The summed E-state index contributed by atoms with van der Waals surface area (Å²) < 4.78 is 3.79. The van der Waals surface area contributed by atoms with Crippen LogP contribution >= 0.6 is 0 Å². The number of nitrogens with zero attached hydrogens (tertiary/aromatic N) is 9. The van der Waals surface area contributed by atoms with Gasteiger partial charge in [-0.25, -0.2) is 4.98 Å². The van der Waals surface area contributed by atoms with E-state index in [1.165, 1.54) is 0 Å². The molecule has 1 fully saturated rings. The van der Waals surface area contributed by atoms with E-state index in [9.17, 15) is 9.90 Å². The summed E-state index contributed by atoms with van der Waals surface area (Å²) in [5.41, 5.74) is 2.54. The highest BCUT2D eigenvalue weighted by atomic mass is 16.3. The van der Waals surface area contributed by atoms with Crippen molar-refractivity contribution in [2.24, 2.45) is 5.92 Å². The van der Waals surface area contributed by atoms with E-state index in [1.54, 1.807) is 16.9 Å². The van der Waals surface area contributed by atoms with E-state index in [0.29, 0.717) is 24.9 Å². The number of hydrogen-bond donors (Lipinski definition) is 2. The minimum atomic E-state index is -0.0345. The number of aromatic nitrogens is 8. The zero-order valence-corrected chi connectivity index (χ0v) is 21.7. The van der Waals surface area contributed by atoms with Crippen LogP contribution in [0.2, 0.25) is 0 Å². The van der Waals surface area contributed by atoms with Gasteiger partial charge in [0, 0.05) is 49.8 Å². The summed E-state index contributed by atoms with van der Waals surface area (Å²) in [4.78, 5) is 24.3. The topological polar surface area (TPSA) is 140 Å². The third kappa shape index (κ3) is 4.49. The first-order chi connectivity index (χ1) is 18.5. The minimum absolute atomic E-state index is 0.0345. The van der Waals surface area contributed by atoms with Gasteiger partial charge in [0.05, 0.1) is 12.1 Å². The summed E-state index contributed by atoms with van der Waals surface area (Å²) in [6.45, 7) is 5.96. The highest BCUT2D eigenvalue weighted by Crippen LogP contribution is 2.29. The number of aliphatic hydroxyl groups excluding tert-OH is 1. The first-order valence-electron chi connectivity index (χ1n) is 13.2. The monoisotopic (exact) mass is 516 g/mol. The molecule has 0 bridgehead atoms. The fourth-order valence-corrected chi connectivity index (χ4v) is 5.58. The van der Waals surface area contributed by atoms with Crippen molar-refractivity contribution >= 4 is 22.9 Å². The van der Waals surface area contributed by atoms with Gasteiger partial charge >= 0.3 is 0 Å². The molecule has 1 saturated carbocycles. The molecular formula is C26H32N10O2. The number of carbonyl (C=O) groups excluding carboxylic acids is 1. The van der Waals surface area contributed by atoms with Crippen LogP contribution in [0.25, 0.3) is 16.9 Å². The van der Waals surface area contributed by atoms with E-state index in [0.717, 1.165) is 60.5 Å². The number of carbonyl (C=O) groups is 1. The Morgan fingerprint density at radius 3 is 2.79 bits per heavy atom. The average Bonchev–Trinajstić information content (AvgIpc) is 3.56. The lowest BCUT2D eigenvalue weighted by Gasteiger charge is -2.34. The molecule has 1 aliphatic carbocycles. The molecule has 1 aliphatic heterocycles. The summed E-state index contributed by atoms with van der Waals surface area (Å²) in [6, 6.07) is 7.86. The molecule has 1 amide bonds. The Hall–Kier alpha value is -3.93. The maximum absolute atomic E-state index is 13.2. The fraction of sp³-hybridized carbons (Fsp3) is 0.500. The van der Waals surface area contributed by atoms with Gasteiger partial charge in [0.25, 0.3) is 0 Å². The van der Waals surface area contributed by atoms with Gasteiger partial charge in [-0.05, 0) is 44.2 Å². The summed E-state index contributed by atoms with van der Waals surface area (Å²) in [5.74, 6) is 3.15.